The highest BCUT2D eigenvalue weighted by Crippen LogP contribution is 2.45. The van der Waals surface area contributed by atoms with E-state index in [4.69, 9.17) is 9.47 Å². The van der Waals surface area contributed by atoms with Crippen molar-refractivity contribution in [1.29, 1.82) is 0 Å². The number of aliphatic hydroxyl groups excluding tert-OH is 1. The van der Waals surface area contributed by atoms with Crippen LogP contribution in [0.4, 0.5) is 9.59 Å². The quantitative estimate of drug-likeness (QED) is 0.270. The second kappa shape index (κ2) is 15.4. The first-order chi connectivity index (χ1) is 21.8. The fourth-order valence-corrected chi connectivity index (χ4v) is 7.14. The number of carbonyl (C=O) groups is 2. The van der Waals surface area contributed by atoms with Crippen LogP contribution in [0.15, 0.2) is 78.9 Å². The summed E-state index contributed by atoms with van der Waals surface area (Å²) in [6.45, 7) is 8.42. The Kier molecular flexibility index (Phi) is 11.2. The topological polar surface area (TPSA) is 79.3 Å². The molecule has 2 aliphatic rings. The standard InChI is InChI=1S/C38H48N2O5/c1-27(2)34-17-14-28(3)20-36(34)35-22-31(15-16-32(35)24-41)21-33-23-39(37(42)44-25-29-10-6-4-7-11-29)18-19-40(33)38(43)45-26-30-12-8-5-9-13-30/h4-13,15-16,22,27-28,33-34,36,41H,14,17-21,23-26H2,1-3H3. The minimum Gasteiger partial charge on any atom is -0.445 e. The minimum absolute atomic E-state index is 0.00765. The summed E-state index contributed by atoms with van der Waals surface area (Å²) in [5.74, 6) is 2.15. The second-order valence-corrected chi connectivity index (χ2v) is 13.2. The number of benzene rings is 3. The molecule has 1 aliphatic heterocycles. The average Bonchev–Trinajstić information content (AvgIpc) is 3.06. The first-order valence-electron chi connectivity index (χ1n) is 16.5. The number of ether oxygens (including phenoxy) is 2. The third-order valence-electron chi connectivity index (χ3n) is 9.66. The number of hydrogen-bond acceptors (Lipinski definition) is 5. The van der Waals surface area contributed by atoms with E-state index in [1.165, 1.54) is 18.4 Å². The van der Waals surface area contributed by atoms with Crippen molar-refractivity contribution in [2.24, 2.45) is 17.8 Å². The van der Waals surface area contributed by atoms with E-state index in [1.54, 1.807) is 9.80 Å². The lowest BCUT2D eigenvalue weighted by atomic mass is 9.66. The van der Waals surface area contributed by atoms with Crippen LogP contribution in [0.5, 0.6) is 0 Å². The number of piperazine rings is 1. The van der Waals surface area contributed by atoms with Crippen LogP contribution in [0.1, 0.15) is 73.8 Å². The Bertz CT molecular complexity index is 1400. The van der Waals surface area contributed by atoms with Gasteiger partial charge in [0.1, 0.15) is 13.2 Å². The van der Waals surface area contributed by atoms with Crippen molar-refractivity contribution < 1.29 is 24.2 Å². The maximum atomic E-state index is 13.5. The zero-order chi connectivity index (χ0) is 31.8. The molecule has 0 bridgehead atoms. The zero-order valence-corrected chi connectivity index (χ0v) is 26.9. The number of rotatable bonds is 9. The van der Waals surface area contributed by atoms with Gasteiger partial charge in [-0.15, -0.1) is 0 Å². The molecule has 0 spiro atoms. The highest BCUT2D eigenvalue weighted by molar-refractivity contribution is 5.71. The molecule has 1 saturated heterocycles. The normalized spacial score (nSPS) is 21.9. The zero-order valence-electron chi connectivity index (χ0n) is 26.9. The molecule has 4 unspecified atom stereocenters. The number of hydrogen-bond donors (Lipinski definition) is 1. The van der Waals surface area contributed by atoms with E-state index in [0.29, 0.717) is 49.7 Å². The average molecular weight is 613 g/mol. The highest BCUT2D eigenvalue weighted by Gasteiger charge is 2.36. The van der Waals surface area contributed by atoms with Crippen molar-refractivity contribution in [3.63, 3.8) is 0 Å². The molecule has 1 aliphatic carbocycles. The molecule has 7 nitrogen and oxygen atoms in total. The van der Waals surface area contributed by atoms with Gasteiger partial charge in [0, 0.05) is 19.6 Å². The first kappa shape index (κ1) is 32.6. The van der Waals surface area contributed by atoms with Gasteiger partial charge >= 0.3 is 12.2 Å². The molecule has 45 heavy (non-hydrogen) atoms. The Hall–Kier alpha value is -3.84. The lowest BCUT2D eigenvalue weighted by Crippen LogP contribution is -2.57. The maximum Gasteiger partial charge on any atom is 0.410 e. The predicted octanol–water partition coefficient (Wildman–Crippen LogP) is 7.56. The lowest BCUT2D eigenvalue weighted by molar-refractivity contribution is 0.0325. The molecule has 2 fully saturated rings. The van der Waals surface area contributed by atoms with Gasteiger partial charge in [0.15, 0.2) is 0 Å². The van der Waals surface area contributed by atoms with Crippen LogP contribution < -0.4 is 0 Å². The summed E-state index contributed by atoms with van der Waals surface area (Å²) in [5, 5.41) is 10.3. The van der Waals surface area contributed by atoms with Crippen LogP contribution in [0.25, 0.3) is 0 Å². The van der Waals surface area contributed by atoms with E-state index in [1.807, 2.05) is 66.7 Å². The van der Waals surface area contributed by atoms with Gasteiger partial charge in [0.25, 0.3) is 0 Å². The summed E-state index contributed by atoms with van der Waals surface area (Å²) in [7, 11) is 0. The third kappa shape index (κ3) is 8.46. The Labute approximate surface area is 268 Å². The summed E-state index contributed by atoms with van der Waals surface area (Å²) in [4.78, 5) is 30.1. The van der Waals surface area contributed by atoms with Crippen LogP contribution >= 0.6 is 0 Å². The summed E-state index contributed by atoms with van der Waals surface area (Å²) in [6, 6.07) is 25.4. The molecule has 4 atom stereocenters. The molecule has 0 radical (unpaired) electrons. The van der Waals surface area contributed by atoms with Crippen molar-refractivity contribution in [2.75, 3.05) is 19.6 Å². The van der Waals surface area contributed by atoms with E-state index < -0.39 is 0 Å². The summed E-state index contributed by atoms with van der Waals surface area (Å²) < 4.78 is 11.4. The summed E-state index contributed by atoms with van der Waals surface area (Å²) >= 11 is 0. The molecule has 3 aromatic rings. The van der Waals surface area contributed by atoms with E-state index in [2.05, 4.69) is 32.9 Å². The number of carbonyl (C=O) groups excluding carboxylic acids is 2. The van der Waals surface area contributed by atoms with Gasteiger partial charge in [-0.3, -0.25) is 0 Å². The predicted molar refractivity (Wildman–Crippen MR) is 175 cm³/mol. The summed E-state index contributed by atoms with van der Waals surface area (Å²) in [5.41, 5.74) is 5.16. The van der Waals surface area contributed by atoms with Crippen molar-refractivity contribution >= 4 is 12.2 Å². The first-order valence-corrected chi connectivity index (χ1v) is 16.5. The van der Waals surface area contributed by atoms with Crippen molar-refractivity contribution in [3.05, 3.63) is 107 Å². The monoisotopic (exact) mass is 612 g/mol. The smallest absolute Gasteiger partial charge is 0.410 e. The van der Waals surface area contributed by atoms with Crippen LogP contribution in [0.2, 0.25) is 0 Å². The fourth-order valence-electron chi connectivity index (χ4n) is 7.14. The highest BCUT2D eigenvalue weighted by atomic mass is 16.6. The molecular weight excluding hydrogens is 564 g/mol. The van der Waals surface area contributed by atoms with Crippen LogP contribution in [0, 0.1) is 17.8 Å². The van der Waals surface area contributed by atoms with Crippen molar-refractivity contribution in [3.8, 4) is 0 Å². The second-order valence-electron chi connectivity index (χ2n) is 13.2. The van der Waals surface area contributed by atoms with Gasteiger partial charge in [0.05, 0.1) is 12.6 Å². The molecule has 1 heterocycles. The van der Waals surface area contributed by atoms with E-state index in [9.17, 15) is 14.7 Å². The molecule has 2 amide bonds. The molecule has 1 saturated carbocycles. The Morgan fingerprint density at radius 1 is 0.844 bits per heavy atom. The maximum absolute atomic E-state index is 13.5. The van der Waals surface area contributed by atoms with Gasteiger partial charge in [-0.2, -0.15) is 0 Å². The number of nitrogens with zero attached hydrogens (tertiary/aromatic N) is 2. The number of aliphatic hydroxyl groups is 1. The Morgan fingerprint density at radius 3 is 2.11 bits per heavy atom. The van der Waals surface area contributed by atoms with Crippen LogP contribution in [-0.4, -0.2) is 52.8 Å². The molecule has 3 aromatic carbocycles. The molecule has 7 heteroatoms. The molecule has 1 N–H and O–H groups in total. The molecule has 240 valence electrons. The minimum atomic E-state index is -0.381. The van der Waals surface area contributed by atoms with Crippen molar-refractivity contribution in [2.45, 2.75) is 78.2 Å². The SMILES string of the molecule is CC1CCC(C(C)C)C(c2cc(CC3CN(C(=O)OCc4ccccc4)CCN3C(=O)OCc3ccccc3)ccc2CO)C1. The summed E-state index contributed by atoms with van der Waals surface area (Å²) in [6.07, 6.45) is 3.36. The molecule has 5 rings (SSSR count). The Balaban J connectivity index is 1.36. The molecular formula is C38H48N2O5. The lowest BCUT2D eigenvalue weighted by Gasteiger charge is -2.41. The largest absolute Gasteiger partial charge is 0.445 e. The van der Waals surface area contributed by atoms with Gasteiger partial charge in [-0.05, 0) is 70.8 Å². The van der Waals surface area contributed by atoms with Gasteiger partial charge in [-0.25, -0.2) is 9.59 Å². The van der Waals surface area contributed by atoms with Crippen LogP contribution in [0.3, 0.4) is 0 Å². The van der Waals surface area contributed by atoms with E-state index in [-0.39, 0.29) is 38.0 Å². The van der Waals surface area contributed by atoms with Crippen molar-refractivity contribution in [1.82, 2.24) is 9.80 Å². The third-order valence-corrected chi connectivity index (χ3v) is 9.66. The fraction of sp³-hybridized carbons (Fsp3) is 0.474. The van der Waals surface area contributed by atoms with Crippen LogP contribution in [-0.2, 0) is 35.7 Å². The molecule has 0 aromatic heterocycles. The Morgan fingerprint density at radius 2 is 1.49 bits per heavy atom. The number of amides is 2. The van der Waals surface area contributed by atoms with Gasteiger partial charge in [-0.1, -0.05) is 106 Å². The van der Waals surface area contributed by atoms with Gasteiger partial charge < -0.3 is 24.4 Å². The van der Waals surface area contributed by atoms with E-state index >= 15 is 0 Å². The van der Waals surface area contributed by atoms with Gasteiger partial charge in [0.2, 0.25) is 0 Å². The van der Waals surface area contributed by atoms with E-state index in [0.717, 1.165) is 28.7 Å².